The van der Waals surface area contributed by atoms with Crippen LogP contribution in [0.3, 0.4) is 0 Å². The van der Waals surface area contributed by atoms with Crippen LogP contribution in [0, 0.1) is 7.14 Å². The molecule has 2 nitrogen and oxygen atoms in total. The van der Waals surface area contributed by atoms with E-state index in [9.17, 15) is 0 Å². The Morgan fingerprint density at radius 3 is 1.65 bits per heavy atom. The molecule has 0 amide bonds. The molecular formula is C14H12IO2-. The van der Waals surface area contributed by atoms with Gasteiger partial charge in [-0.15, -0.1) is 0 Å². The molecule has 88 valence electrons. The van der Waals surface area contributed by atoms with E-state index in [1.165, 1.54) is 18.3 Å². The summed E-state index contributed by atoms with van der Waals surface area (Å²) < 4.78 is 13.4. The summed E-state index contributed by atoms with van der Waals surface area (Å²) in [4.78, 5) is 0. The first-order valence-corrected chi connectivity index (χ1v) is 7.49. The van der Waals surface area contributed by atoms with Crippen LogP contribution in [0.25, 0.3) is 11.1 Å². The number of hydrogen-bond acceptors (Lipinski definition) is 2. The van der Waals surface area contributed by atoms with Crippen molar-refractivity contribution in [1.29, 1.82) is 0 Å². The van der Waals surface area contributed by atoms with Crippen LogP contribution in [-0.4, -0.2) is 14.2 Å². The molecule has 0 radical (unpaired) electrons. The molecule has 1 heterocycles. The molecular weight excluding hydrogens is 327 g/mol. The molecule has 0 bridgehead atoms. The molecule has 0 aliphatic carbocycles. The molecule has 0 saturated carbocycles. The van der Waals surface area contributed by atoms with Gasteiger partial charge in [-0.2, -0.15) is 0 Å². The summed E-state index contributed by atoms with van der Waals surface area (Å²) in [6.07, 6.45) is 0. The van der Waals surface area contributed by atoms with Gasteiger partial charge in [0, 0.05) is 0 Å². The second kappa shape index (κ2) is 4.22. The molecule has 0 saturated heterocycles. The number of halogens is 1. The Bertz CT molecular complexity index is 527. The third-order valence-corrected chi connectivity index (χ3v) is 5.79. The number of methoxy groups -OCH3 is 2. The maximum atomic E-state index is 5.28. The van der Waals surface area contributed by atoms with Gasteiger partial charge in [0.2, 0.25) is 0 Å². The zero-order chi connectivity index (χ0) is 11.8. The quantitative estimate of drug-likeness (QED) is 0.603. The molecule has 2 aromatic carbocycles. The first-order valence-electron chi connectivity index (χ1n) is 5.33. The van der Waals surface area contributed by atoms with Gasteiger partial charge in [-0.1, -0.05) is 0 Å². The molecule has 0 unspecified atom stereocenters. The van der Waals surface area contributed by atoms with Gasteiger partial charge in [-0.3, -0.25) is 0 Å². The van der Waals surface area contributed by atoms with Crippen LogP contribution < -0.4 is 30.7 Å². The predicted molar refractivity (Wildman–Crippen MR) is 62.4 cm³/mol. The predicted octanol–water partition coefficient (Wildman–Crippen LogP) is -0.187. The number of fused-ring (bicyclic) bond motifs is 3. The molecule has 1 aliphatic rings. The van der Waals surface area contributed by atoms with Crippen molar-refractivity contribution in [2.75, 3.05) is 14.2 Å². The van der Waals surface area contributed by atoms with Crippen molar-refractivity contribution in [3.8, 4) is 22.6 Å². The molecule has 1 aliphatic heterocycles. The van der Waals surface area contributed by atoms with Crippen molar-refractivity contribution < 1.29 is 30.7 Å². The average molecular weight is 339 g/mol. The molecule has 3 heteroatoms. The van der Waals surface area contributed by atoms with E-state index in [1.54, 1.807) is 14.2 Å². The standard InChI is InChI=1S/C14H12IO2/c1-16-9-3-5-11-12-6-4-10(17-2)8-14(12)15-13(11)7-9/h3-8H,1-2H3/q-1. The molecule has 0 fully saturated rings. The van der Waals surface area contributed by atoms with E-state index in [0.717, 1.165) is 11.5 Å². The van der Waals surface area contributed by atoms with Gasteiger partial charge in [0.15, 0.2) is 0 Å². The van der Waals surface area contributed by atoms with E-state index in [4.69, 9.17) is 9.47 Å². The summed E-state index contributed by atoms with van der Waals surface area (Å²) in [5, 5.41) is 0. The Labute approximate surface area is 111 Å². The summed E-state index contributed by atoms with van der Waals surface area (Å²) in [7, 11) is 3.43. The second-order valence-electron chi connectivity index (χ2n) is 3.79. The topological polar surface area (TPSA) is 18.5 Å². The molecule has 0 N–H and O–H groups in total. The van der Waals surface area contributed by atoms with E-state index < -0.39 is 0 Å². The SMILES string of the molecule is COc1ccc2c(c1)[I-]c1cc(OC)ccc1-2. The number of rotatable bonds is 2. The van der Waals surface area contributed by atoms with Gasteiger partial charge in [-0.25, -0.2) is 0 Å². The third kappa shape index (κ3) is 1.78. The Hall–Kier alpha value is -1.23. The van der Waals surface area contributed by atoms with Crippen molar-refractivity contribution in [1.82, 2.24) is 0 Å². The van der Waals surface area contributed by atoms with Crippen LogP contribution >= 0.6 is 0 Å². The molecule has 3 rings (SSSR count). The Morgan fingerprint density at radius 1 is 0.765 bits per heavy atom. The fourth-order valence-electron chi connectivity index (χ4n) is 1.95. The van der Waals surface area contributed by atoms with Gasteiger partial charge < -0.3 is 0 Å². The minimum absolute atomic E-state index is 0.103. The number of hydrogen-bond donors (Lipinski definition) is 0. The van der Waals surface area contributed by atoms with E-state index >= 15 is 0 Å². The van der Waals surface area contributed by atoms with Crippen molar-refractivity contribution in [2.45, 2.75) is 0 Å². The summed E-state index contributed by atoms with van der Waals surface area (Å²) >= 11 is -0.103. The van der Waals surface area contributed by atoms with E-state index in [-0.39, 0.29) is 21.2 Å². The van der Waals surface area contributed by atoms with Crippen molar-refractivity contribution >= 4 is 0 Å². The van der Waals surface area contributed by atoms with Crippen molar-refractivity contribution in [2.24, 2.45) is 0 Å². The van der Waals surface area contributed by atoms with Gasteiger partial charge in [0.25, 0.3) is 0 Å². The average Bonchev–Trinajstić information content (AvgIpc) is 2.74. The van der Waals surface area contributed by atoms with Crippen LogP contribution in [0.4, 0.5) is 0 Å². The zero-order valence-corrected chi connectivity index (χ0v) is 11.8. The summed E-state index contributed by atoms with van der Waals surface area (Å²) in [6.45, 7) is 0. The van der Waals surface area contributed by atoms with E-state index in [1.807, 2.05) is 12.1 Å². The minimum atomic E-state index is -0.103. The fourth-order valence-corrected chi connectivity index (χ4v) is 5.02. The first kappa shape index (κ1) is 10.9. The van der Waals surface area contributed by atoms with Crippen LogP contribution in [0.2, 0.25) is 0 Å². The monoisotopic (exact) mass is 339 g/mol. The van der Waals surface area contributed by atoms with E-state index in [0.29, 0.717) is 0 Å². The maximum absolute atomic E-state index is 5.28. The molecule has 0 atom stereocenters. The Kier molecular flexibility index (Phi) is 2.70. The summed E-state index contributed by atoms with van der Waals surface area (Å²) in [5.41, 5.74) is 2.72. The normalized spacial score (nSPS) is 12.4. The zero-order valence-electron chi connectivity index (χ0n) is 9.66. The number of ether oxygens (including phenoxy) is 2. The van der Waals surface area contributed by atoms with Gasteiger partial charge >= 0.3 is 111 Å². The molecule has 2 aromatic rings. The Balaban J connectivity index is 2.10. The van der Waals surface area contributed by atoms with Crippen LogP contribution in [0.5, 0.6) is 11.5 Å². The van der Waals surface area contributed by atoms with Crippen LogP contribution in [0.1, 0.15) is 0 Å². The second-order valence-corrected chi connectivity index (χ2v) is 6.65. The summed E-state index contributed by atoms with van der Waals surface area (Å²) in [6, 6.07) is 12.7. The van der Waals surface area contributed by atoms with Gasteiger partial charge in [-0.05, 0) is 0 Å². The van der Waals surface area contributed by atoms with Crippen molar-refractivity contribution in [3.05, 3.63) is 43.5 Å². The first-order chi connectivity index (χ1) is 8.31. The van der Waals surface area contributed by atoms with Gasteiger partial charge in [0.05, 0.1) is 0 Å². The molecule has 0 spiro atoms. The van der Waals surface area contributed by atoms with Crippen LogP contribution in [-0.2, 0) is 0 Å². The van der Waals surface area contributed by atoms with E-state index in [2.05, 4.69) is 24.3 Å². The third-order valence-electron chi connectivity index (χ3n) is 2.85. The number of benzene rings is 2. The Morgan fingerprint density at radius 2 is 1.24 bits per heavy atom. The van der Waals surface area contributed by atoms with Crippen molar-refractivity contribution in [3.63, 3.8) is 0 Å². The molecule has 0 aromatic heterocycles. The van der Waals surface area contributed by atoms with Crippen LogP contribution in [0.15, 0.2) is 36.4 Å². The molecule has 17 heavy (non-hydrogen) atoms. The van der Waals surface area contributed by atoms with Gasteiger partial charge in [0.1, 0.15) is 0 Å². The summed E-state index contributed by atoms with van der Waals surface area (Å²) in [5.74, 6) is 1.89. The fraction of sp³-hybridized carbons (Fsp3) is 0.143.